The van der Waals surface area contributed by atoms with Crippen molar-refractivity contribution < 1.29 is 19.1 Å². The molecule has 0 saturated carbocycles. The molecule has 1 N–H and O–H groups in total. The molecule has 1 aliphatic heterocycles. The van der Waals surface area contributed by atoms with E-state index in [0.717, 1.165) is 18.6 Å². The van der Waals surface area contributed by atoms with E-state index in [-0.39, 0.29) is 17.9 Å². The summed E-state index contributed by atoms with van der Waals surface area (Å²) in [4.78, 5) is 26.8. The third-order valence-corrected chi connectivity index (χ3v) is 5.51. The second kappa shape index (κ2) is 11.6. The molecular weight excluding hydrogens is 416 g/mol. The summed E-state index contributed by atoms with van der Waals surface area (Å²) in [6.45, 7) is 4.23. The summed E-state index contributed by atoms with van der Waals surface area (Å²) in [6.07, 6.45) is 2.52. The van der Waals surface area contributed by atoms with Crippen molar-refractivity contribution in [3.63, 3.8) is 0 Å². The predicted octanol–water partition coefficient (Wildman–Crippen LogP) is 4.32. The number of para-hydroxylation sites is 1. The number of carbonyl (C=O) groups is 2. The minimum absolute atomic E-state index is 0.0130. The zero-order valence-corrected chi connectivity index (χ0v) is 18.6. The van der Waals surface area contributed by atoms with Gasteiger partial charge in [-0.05, 0) is 62.6 Å². The molecule has 0 aromatic heterocycles. The fourth-order valence-corrected chi connectivity index (χ4v) is 3.74. The van der Waals surface area contributed by atoms with E-state index in [9.17, 15) is 9.59 Å². The van der Waals surface area contributed by atoms with Gasteiger partial charge >= 0.3 is 0 Å². The standard InChI is InChI=1S/C24H29ClN2O4/c1-2-30-20-11-9-18(10-12-20)24(29)27-15-13-19(14-16-27)26-23(28)8-5-17-31-22-7-4-3-6-21(22)25/h3-4,6-7,9-12,19H,2,5,8,13-17H2,1H3,(H,26,28). The van der Waals surface area contributed by atoms with Crippen LogP contribution in [0, 0.1) is 0 Å². The summed E-state index contributed by atoms with van der Waals surface area (Å²) in [5.41, 5.74) is 0.657. The van der Waals surface area contributed by atoms with Gasteiger partial charge in [0.15, 0.2) is 0 Å². The van der Waals surface area contributed by atoms with E-state index >= 15 is 0 Å². The Bertz CT molecular complexity index is 864. The molecule has 0 spiro atoms. The molecular formula is C24H29ClN2O4. The van der Waals surface area contributed by atoms with Crippen LogP contribution in [0.3, 0.4) is 0 Å². The van der Waals surface area contributed by atoms with Crippen LogP contribution >= 0.6 is 11.6 Å². The molecule has 6 nitrogen and oxygen atoms in total. The van der Waals surface area contributed by atoms with E-state index in [2.05, 4.69) is 5.32 Å². The molecule has 166 valence electrons. The van der Waals surface area contributed by atoms with Gasteiger partial charge in [-0.2, -0.15) is 0 Å². The zero-order chi connectivity index (χ0) is 22.1. The molecule has 31 heavy (non-hydrogen) atoms. The van der Waals surface area contributed by atoms with E-state index in [1.807, 2.05) is 42.2 Å². The van der Waals surface area contributed by atoms with Crippen molar-refractivity contribution in [1.82, 2.24) is 10.2 Å². The molecule has 1 fully saturated rings. The molecule has 3 rings (SSSR count). The van der Waals surface area contributed by atoms with Crippen LogP contribution in [0.2, 0.25) is 5.02 Å². The van der Waals surface area contributed by atoms with Gasteiger partial charge in [0.1, 0.15) is 11.5 Å². The molecule has 1 saturated heterocycles. The average molecular weight is 445 g/mol. The van der Waals surface area contributed by atoms with Gasteiger partial charge in [0, 0.05) is 31.1 Å². The molecule has 7 heteroatoms. The maximum absolute atomic E-state index is 12.7. The molecule has 2 aromatic rings. The van der Waals surface area contributed by atoms with E-state index in [1.54, 1.807) is 18.2 Å². The van der Waals surface area contributed by atoms with Crippen LogP contribution in [0.15, 0.2) is 48.5 Å². The fourth-order valence-electron chi connectivity index (χ4n) is 3.55. The molecule has 0 radical (unpaired) electrons. The fraction of sp³-hybridized carbons (Fsp3) is 0.417. The number of amides is 2. The van der Waals surface area contributed by atoms with Crippen molar-refractivity contribution in [3.05, 3.63) is 59.1 Å². The number of hydrogen-bond donors (Lipinski definition) is 1. The van der Waals surface area contributed by atoms with Crippen molar-refractivity contribution in [1.29, 1.82) is 0 Å². The van der Waals surface area contributed by atoms with Crippen molar-refractivity contribution in [2.24, 2.45) is 0 Å². The number of nitrogens with zero attached hydrogens (tertiary/aromatic N) is 1. The monoisotopic (exact) mass is 444 g/mol. The number of halogens is 1. The first kappa shape index (κ1) is 22.9. The Hall–Kier alpha value is -2.73. The summed E-state index contributed by atoms with van der Waals surface area (Å²) in [7, 11) is 0. The number of carbonyl (C=O) groups excluding carboxylic acids is 2. The summed E-state index contributed by atoms with van der Waals surface area (Å²) < 4.78 is 11.0. The Balaban J connectivity index is 1.35. The van der Waals surface area contributed by atoms with Gasteiger partial charge in [0.2, 0.25) is 5.91 Å². The molecule has 0 atom stereocenters. The second-order valence-corrected chi connectivity index (χ2v) is 7.88. The molecule has 1 aliphatic rings. The van der Waals surface area contributed by atoms with Gasteiger partial charge in [-0.3, -0.25) is 9.59 Å². The predicted molar refractivity (Wildman–Crippen MR) is 121 cm³/mol. The lowest BCUT2D eigenvalue weighted by Crippen LogP contribution is -2.46. The Labute approximate surface area is 188 Å². The summed E-state index contributed by atoms with van der Waals surface area (Å²) in [5, 5.41) is 3.64. The van der Waals surface area contributed by atoms with E-state index < -0.39 is 0 Å². The lowest BCUT2D eigenvalue weighted by atomic mass is 10.0. The van der Waals surface area contributed by atoms with E-state index in [1.165, 1.54) is 0 Å². The highest BCUT2D eigenvalue weighted by Crippen LogP contribution is 2.23. The smallest absolute Gasteiger partial charge is 0.253 e. The molecule has 2 aromatic carbocycles. The van der Waals surface area contributed by atoms with Gasteiger partial charge in [-0.15, -0.1) is 0 Å². The highest BCUT2D eigenvalue weighted by atomic mass is 35.5. The Morgan fingerprint density at radius 3 is 2.45 bits per heavy atom. The zero-order valence-electron chi connectivity index (χ0n) is 17.8. The van der Waals surface area contributed by atoms with Crippen LogP contribution in [0.1, 0.15) is 43.0 Å². The Kier molecular flexibility index (Phi) is 8.59. The van der Waals surface area contributed by atoms with Crippen LogP contribution in [-0.4, -0.2) is 49.1 Å². The number of likely N-dealkylation sites (tertiary alicyclic amines) is 1. The lowest BCUT2D eigenvalue weighted by Gasteiger charge is -2.32. The molecule has 2 amide bonds. The van der Waals surface area contributed by atoms with Crippen molar-refractivity contribution in [2.75, 3.05) is 26.3 Å². The molecule has 0 unspecified atom stereocenters. The van der Waals surface area contributed by atoms with Gasteiger partial charge in [-0.25, -0.2) is 0 Å². The first-order chi connectivity index (χ1) is 15.1. The highest BCUT2D eigenvalue weighted by molar-refractivity contribution is 6.32. The maximum Gasteiger partial charge on any atom is 0.253 e. The maximum atomic E-state index is 12.7. The second-order valence-electron chi connectivity index (χ2n) is 7.47. The highest BCUT2D eigenvalue weighted by Gasteiger charge is 2.24. The van der Waals surface area contributed by atoms with Crippen LogP contribution < -0.4 is 14.8 Å². The Morgan fingerprint density at radius 2 is 1.77 bits per heavy atom. The topological polar surface area (TPSA) is 67.9 Å². The van der Waals surface area contributed by atoms with Gasteiger partial charge in [0.05, 0.1) is 18.2 Å². The van der Waals surface area contributed by atoms with Crippen molar-refractivity contribution >= 4 is 23.4 Å². The molecule has 0 aliphatic carbocycles. The van der Waals surface area contributed by atoms with Crippen molar-refractivity contribution in [3.8, 4) is 11.5 Å². The number of ether oxygens (including phenoxy) is 2. The molecule has 1 heterocycles. The summed E-state index contributed by atoms with van der Waals surface area (Å²) in [6, 6.07) is 14.6. The minimum Gasteiger partial charge on any atom is -0.494 e. The van der Waals surface area contributed by atoms with Crippen molar-refractivity contribution in [2.45, 2.75) is 38.6 Å². The third-order valence-electron chi connectivity index (χ3n) is 5.20. The van der Waals surface area contributed by atoms with E-state index in [4.69, 9.17) is 21.1 Å². The third kappa shape index (κ3) is 6.89. The number of rotatable bonds is 9. The number of nitrogens with one attached hydrogen (secondary N) is 1. The van der Waals surface area contributed by atoms with E-state index in [0.29, 0.717) is 55.5 Å². The quantitative estimate of drug-likeness (QED) is 0.585. The van der Waals surface area contributed by atoms with Crippen LogP contribution in [0.25, 0.3) is 0 Å². The van der Waals surface area contributed by atoms with Gasteiger partial charge < -0.3 is 19.7 Å². The first-order valence-electron chi connectivity index (χ1n) is 10.8. The number of benzene rings is 2. The normalized spacial score (nSPS) is 14.2. The lowest BCUT2D eigenvalue weighted by molar-refractivity contribution is -0.122. The van der Waals surface area contributed by atoms with Crippen LogP contribution in [0.4, 0.5) is 0 Å². The van der Waals surface area contributed by atoms with Gasteiger partial charge in [0.25, 0.3) is 5.91 Å². The van der Waals surface area contributed by atoms with Crippen LogP contribution in [-0.2, 0) is 4.79 Å². The number of hydrogen-bond acceptors (Lipinski definition) is 4. The minimum atomic E-state index is 0.0130. The van der Waals surface area contributed by atoms with Crippen LogP contribution in [0.5, 0.6) is 11.5 Å². The average Bonchev–Trinajstić information content (AvgIpc) is 2.79. The first-order valence-corrected chi connectivity index (χ1v) is 11.1. The molecule has 0 bridgehead atoms. The summed E-state index contributed by atoms with van der Waals surface area (Å²) >= 11 is 6.05. The number of piperidine rings is 1. The largest absolute Gasteiger partial charge is 0.494 e. The van der Waals surface area contributed by atoms with Gasteiger partial charge in [-0.1, -0.05) is 23.7 Å². The Morgan fingerprint density at radius 1 is 1.06 bits per heavy atom. The summed E-state index contributed by atoms with van der Waals surface area (Å²) in [5.74, 6) is 1.43. The SMILES string of the molecule is CCOc1ccc(C(=O)N2CCC(NC(=O)CCCOc3ccccc3Cl)CC2)cc1.